The molecular weight excluding hydrogens is 391 g/mol. The molecule has 1 heterocycles. The molecule has 2 aromatic rings. The summed E-state index contributed by atoms with van der Waals surface area (Å²) in [5.41, 5.74) is 8.22. The molecule has 0 spiro atoms. The Morgan fingerprint density at radius 1 is 1.36 bits per heavy atom. The van der Waals surface area contributed by atoms with Crippen molar-refractivity contribution < 1.29 is 0 Å². The van der Waals surface area contributed by atoms with E-state index in [1.54, 1.807) is 13.1 Å². The van der Waals surface area contributed by atoms with Gasteiger partial charge in [0.25, 0.3) is 5.56 Å². The predicted molar refractivity (Wildman–Crippen MR) is 98.5 cm³/mol. The summed E-state index contributed by atoms with van der Waals surface area (Å²) in [6, 6.07) is 7.49. The molecule has 2 rings (SSSR count). The third-order valence-corrected chi connectivity index (χ3v) is 4.48. The van der Waals surface area contributed by atoms with Gasteiger partial charge in [-0.15, -0.1) is 0 Å². The normalized spacial score (nSPS) is 11.5. The number of hydrogen-bond acceptors (Lipinski definition) is 4. The van der Waals surface area contributed by atoms with Gasteiger partial charge in [-0.2, -0.15) is 0 Å². The standard InChI is InChI=1S/C16H21IN4O/c1-16(2,3)13-8-14(22)21(4)15(20-13)19-12-7-5-6-11(17)10(12)9-18/h5-8H,9,18H2,1-4H3,(H,19,20). The van der Waals surface area contributed by atoms with Gasteiger partial charge in [-0.25, -0.2) is 4.98 Å². The Bertz CT molecular complexity index is 747. The number of nitrogens with one attached hydrogen (secondary N) is 1. The first-order valence-electron chi connectivity index (χ1n) is 7.07. The molecule has 1 aromatic heterocycles. The van der Waals surface area contributed by atoms with E-state index in [2.05, 4.69) is 32.9 Å². The number of aromatic nitrogens is 2. The van der Waals surface area contributed by atoms with Crippen molar-refractivity contribution in [3.63, 3.8) is 0 Å². The van der Waals surface area contributed by atoms with Gasteiger partial charge in [-0.05, 0) is 34.7 Å². The molecule has 0 amide bonds. The highest BCUT2D eigenvalue weighted by atomic mass is 127. The first-order chi connectivity index (χ1) is 10.2. The molecule has 0 aliphatic heterocycles. The molecule has 0 saturated heterocycles. The van der Waals surface area contributed by atoms with Crippen molar-refractivity contribution in [2.24, 2.45) is 12.8 Å². The van der Waals surface area contributed by atoms with E-state index in [0.29, 0.717) is 12.5 Å². The van der Waals surface area contributed by atoms with Gasteiger partial charge in [0, 0.05) is 39.9 Å². The molecule has 0 fully saturated rings. The maximum Gasteiger partial charge on any atom is 0.254 e. The zero-order valence-electron chi connectivity index (χ0n) is 13.3. The van der Waals surface area contributed by atoms with Gasteiger partial charge in [0.1, 0.15) is 0 Å². The first kappa shape index (κ1) is 17.0. The molecule has 0 radical (unpaired) electrons. The second-order valence-electron chi connectivity index (χ2n) is 6.21. The summed E-state index contributed by atoms with van der Waals surface area (Å²) in [5, 5.41) is 3.25. The average molecular weight is 412 g/mol. The number of nitrogens with two attached hydrogens (primary N) is 1. The zero-order valence-corrected chi connectivity index (χ0v) is 15.4. The summed E-state index contributed by atoms with van der Waals surface area (Å²) in [7, 11) is 1.71. The van der Waals surface area contributed by atoms with Crippen LogP contribution in [-0.4, -0.2) is 9.55 Å². The molecule has 6 heteroatoms. The van der Waals surface area contributed by atoms with Crippen molar-refractivity contribution in [3.05, 3.63) is 49.4 Å². The van der Waals surface area contributed by atoms with Crippen molar-refractivity contribution >= 4 is 34.2 Å². The number of benzene rings is 1. The minimum Gasteiger partial charge on any atom is -0.326 e. The van der Waals surface area contributed by atoms with E-state index in [-0.39, 0.29) is 11.0 Å². The van der Waals surface area contributed by atoms with E-state index < -0.39 is 0 Å². The largest absolute Gasteiger partial charge is 0.326 e. The second-order valence-corrected chi connectivity index (χ2v) is 7.37. The Labute approximate surface area is 144 Å². The van der Waals surface area contributed by atoms with Crippen molar-refractivity contribution in [1.29, 1.82) is 0 Å². The van der Waals surface area contributed by atoms with Crippen molar-refractivity contribution in [3.8, 4) is 0 Å². The minimum atomic E-state index is -0.189. The van der Waals surface area contributed by atoms with E-state index in [1.165, 1.54) is 4.57 Å². The maximum atomic E-state index is 12.2. The summed E-state index contributed by atoms with van der Waals surface area (Å²) in [4.78, 5) is 16.8. The van der Waals surface area contributed by atoms with Gasteiger partial charge < -0.3 is 11.1 Å². The molecule has 118 valence electrons. The summed E-state index contributed by atoms with van der Waals surface area (Å²) in [6.07, 6.45) is 0. The molecule has 22 heavy (non-hydrogen) atoms. The van der Waals surface area contributed by atoms with Crippen LogP contribution < -0.4 is 16.6 Å². The highest BCUT2D eigenvalue weighted by Crippen LogP contribution is 2.25. The maximum absolute atomic E-state index is 12.2. The smallest absolute Gasteiger partial charge is 0.254 e. The highest BCUT2D eigenvalue weighted by Gasteiger charge is 2.19. The van der Waals surface area contributed by atoms with Crippen LogP contribution >= 0.6 is 22.6 Å². The van der Waals surface area contributed by atoms with Gasteiger partial charge in [0.15, 0.2) is 0 Å². The number of halogens is 1. The van der Waals surface area contributed by atoms with E-state index in [9.17, 15) is 4.79 Å². The van der Waals surface area contributed by atoms with Crippen LogP contribution in [0.3, 0.4) is 0 Å². The third-order valence-electron chi connectivity index (χ3n) is 3.47. The van der Waals surface area contributed by atoms with Gasteiger partial charge >= 0.3 is 0 Å². The molecule has 0 aliphatic rings. The van der Waals surface area contributed by atoms with Crippen LogP contribution in [0.25, 0.3) is 0 Å². The van der Waals surface area contributed by atoms with Crippen molar-refractivity contribution in [1.82, 2.24) is 9.55 Å². The fourth-order valence-corrected chi connectivity index (χ4v) is 2.76. The lowest BCUT2D eigenvalue weighted by Crippen LogP contribution is -2.26. The van der Waals surface area contributed by atoms with E-state index in [0.717, 1.165) is 20.5 Å². The predicted octanol–water partition coefficient (Wildman–Crippen LogP) is 2.88. The molecule has 5 nitrogen and oxygen atoms in total. The van der Waals surface area contributed by atoms with Gasteiger partial charge in [0.05, 0.1) is 5.69 Å². The van der Waals surface area contributed by atoms with Crippen LogP contribution in [0.4, 0.5) is 11.6 Å². The van der Waals surface area contributed by atoms with E-state index in [4.69, 9.17) is 5.73 Å². The summed E-state index contributed by atoms with van der Waals surface area (Å²) in [5.74, 6) is 0.522. The lowest BCUT2D eigenvalue weighted by atomic mass is 9.92. The Kier molecular flexibility index (Phi) is 4.91. The zero-order chi connectivity index (χ0) is 16.5. The number of nitrogens with zero attached hydrogens (tertiary/aromatic N) is 2. The average Bonchev–Trinajstić information content (AvgIpc) is 2.42. The van der Waals surface area contributed by atoms with Crippen LogP contribution in [-0.2, 0) is 19.0 Å². The molecule has 0 aliphatic carbocycles. The molecule has 1 aromatic carbocycles. The molecule has 0 atom stereocenters. The Morgan fingerprint density at radius 3 is 2.64 bits per heavy atom. The fourth-order valence-electron chi connectivity index (χ4n) is 2.04. The van der Waals surface area contributed by atoms with Gasteiger partial charge in [0.2, 0.25) is 5.95 Å². The quantitative estimate of drug-likeness (QED) is 0.761. The number of anilines is 2. The van der Waals surface area contributed by atoms with Gasteiger partial charge in [-0.1, -0.05) is 26.8 Å². The summed E-state index contributed by atoms with van der Waals surface area (Å²) >= 11 is 2.25. The summed E-state index contributed by atoms with van der Waals surface area (Å²) < 4.78 is 2.59. The lowest BCUT2D eigenvalue weighted by Gasteiger charge is -2.20. The van der Waals surface area contributed by atoms with Crippen LogP contribution in [0.5, 0.6) is 0 Å². The SMILES string of the molecule is Cn1c(Nc2cccc(I)c2CN)nc(C(C)(C)C)cc1=O. The third kappa shape index (κ3) is 3.49. The first-order valence-corrected chi connectivity index (χ1v) is 8.15. The molecule has 0 bridgehead atoms. The molecule has 3 N–H and O–H groups in total. The van der Waals surface area contributed by atoms with E-state index >= 15 is 0 Å². The van der Waals surface area contributed by atoms with Crippen molar-refractivity contribution in [2.45, 2.75) is 32.7 Å². The fraction of sp³-hybridized carbons (Fsp3) is 0.375. The Hall–Kier alpha value is -1.41. The van der Waals surface area contributed by atoms with Crippen LogP contribution in [0.15, 0.2) is 29.1 Å². The van der Waals surface area contributed by atoms with Crippen molar-refractivity contribution in [2.75, 3.05) is 5.32 Å². The van der Waals surface area contributed by atoms with E-state index in [1.807, 2.05) is 39.0 Å². The van der Waals surface area contributed by atoms with Crippen LogP contribution in [0.2, 0.25) is 0 Å². The number of rotatable bonds is 3. The topological polar surface area (TPSA) is 72.9 Å². The monoisotopic (exact) mass is 412 g/mol. The Balaban J connectivity index is 2.53. The second kappa shape index (κ2) is 6.37. The van der Waals surface area contributed by atoms with Gasteiger partial charge in [-0.3, -0.25) is 9.36 Å². The Morgan fingerprint density at radius 2 is 2.05 bits per heavy atom. The van der Waals surface area contributed by atoms with Crippen LogP contribution in [0, 0.1) is 3.57 Å². The highest BCUT2D eigenvalue weighted by molar-refractivity contribution is 14.1. The minimum absolute atomic E-state index is 0.0812. The number of hydrogen-bond donors (Lipinski definition) is 2. The molecule has 0 unspecified atom stereocenters. The molecular formula is C16H21IN4O. The lowest BCUT2D eigenvalue weighted by molar-refractivity contribution is 0.562. The molecule has 0 saturated carbocycles. The summed E-state index contributed by atoms with van der Waals surface area (Å²) in [6.45, 7) is 6.54. The van der Waals surface area contributed by atoms with Crippen LogP contribution in [0.1, 0.15) is 32.0 Å².